The van der Waals surface area contributed by atoms with Crippen LogP contribution in [-0.4, -0.2) is 25.7 Å². The highest BCUT2D eigenvalue weighted by Gasteiger charge is 2.36. The first kappa shape index (κ1) is 21.5. The zero-order chi connectivity index (χ0) is 18.4. The number of ether oxygens (including phenoxy) is 1. The Balaban J connectivity index is 0.00000261. The zero-order valence-electron chi connectivity index (χ0n) is 15.2. The number of nitrogens with one attached hydrogen (secondary N) is 1. The molecule has 6 heteroatoms. The molecule has 0 bridgehead atoms. The van der Waals surface area contributed by atoms with Crippen LogP contribution in [0.4, 0.5) is 5.69 Å². The van der Waals surface area contributed by atoms with Crippen LogP contribution in [0, 0.1) is 0 Å². The summed E-state index contributed by atoms with van der Waals surface area (Å²) in [7, 11) is 0. The van der Waals surface area contributed by atoms with Gasteiger partial charge in [0.2, 0.25) is 5.91 Å². The predicted octanol–water partition coefficient (Wildman–Crippen LogP) is 4.14. The van der Waals surface area contributed by atoms with Gasteiger partial charge in [-0.3, -0.25) is 4.79 Å². The Kier molecular flexibility index (Phi) is 7.96. The van der Waals surface area contributed by atoms with Crippen LogP contribution in [0.1, 0.15) is 30.4 Å². The molecule has 27 heavy (non-hydrogen) atoms. The summed E-state index contributed by atoms with van der Waals surface area (Å²) in [5.74, 6) is 0.0335. The highest BCUT2D eigenvalue weighted by atomic mass is 35.5. The molecule has 1 amide bonds. The summed E-state index contributed by atoms with van der Waals surface area (Å²) in [5, 5.41) is 3.87. The Hall–Kier alpha value is -1.75. The molecule has 0 saturated carbocycles. The van der Waals surface area contributed by atoms with Crippen LogP contribution in [0.15, 0.2) is 48.5 Å². The van der Waals surface area contributed by atoms with Gasteiger partial charge in [0.1, 0.15) is 0 Å². The molecule has 1 saturated heterocycles. The van der Waals surface area contributed by atoms with E-state index in [9.17, 15) is 4.79 Å². The van der Waals surface area contributed by atoms with Gasteiger partial charge in [-0.15, -0.1) is 12.4 Å². The van der Waals surface area contributed by atoms with Crippen molar-refractivity contribution in [2.24, 2.45) is 0 Å². The van der Waals surface area contributed by atoms with E-state index in [0.29, 0.717) is 32.6 Å². The molecule has 1 aliphatic heterocycles. The topological polar surface area (TPSA) is 64.4 Å². The van der Waals surface area contributed by atoms with Gasteiger partial charge >= 0.3 is 0 Å². The molecule has 0 radical (unpaired) electrons. The van der Waals surface area contributed by atoms with Crippen molar-refractivity contribution in [2.75, 3.05) is 25.5 Å². The summed E-state index contributed by atoms with van der Waals surface area (Å²) in [4.78, 5) is 12.4. The van der Waals surface area contributed by atoms with Crippen molar-refractivity contribution in [3.05, 3.63) is 64.7 Å². The number of carbonyl (C=O) groups excluding carboxylic acids is 1. The van der Waals surface area contributed by atoms with Gasteiger partial charge in [0, 0.05) is 42.3 Å². The number of nitrogen functional groups attached to an aromatic ring is 1. The number of para-hydroxylation sites is 1. The maximum Gasteiger partial charge on any atom is 0.220 e. The van der Waals surface area contributed by atoms with E-state index in [1.165, 1.54) is 0 Å². The largest absolute Gasteiger partial charge is 0.399 e. The van der Waals surface area contributed by atoms with E-state index in [4.69, 9.17) is 22.1 Å². The first-order chi connectivity index (χ1) is 12.6. The maximum absolute atomic E-state index is 12.4. The van der Waals surface area contributed by atoms with Crippen LogP contribution >= 0.6 is 24.0 Å². The minimum atomic E-state index is -0.169. The van der Waals surface area contributed by atoms with E-state index in [1.54, 1.807) is 0 Å². The molecule has 3 N–H and O–H groups in total. The van der Waals surface area contributed by atoms with Gasteiger partial charge in [-0.1, -0.05) is 48.0 Å². The lowest BCUT2D eigenvalue weighted by Gasteiger charge is -2.38. The lowest BCUT2D eigenvalue weighted by atomic mass is 9.74. The second kappa shape index (κ2) is 9.98. The van der Waals surface area contributed by atoms with E-state index >= 15 is 0 Å². The van der Waals surface area contributed by atoms with Crippen LogP contribution in [0.25, 0.3) is 0 Å². The summed E-state index contributed by atoms with van der Waals surface area (Å²) in [6.07, 6.45) is 2.76. The average Bonchev–Trinajstić information content (AvgIpc) is 2.67. The van der Waals surface area contributed by atoms with Gasteiger partial charge in [0.25, 0.3) is 0 Å². The molecule has 146 valence electrons. The Labute approximate surface area is 171 Å². The van der Waals surface area contributed by atoms with Crippen molar-refractivity contribution in [3.8, 4) is 0 Å². The number of nitrogens with two attached hydrogens (primary N) is 1. The van der Waals surface area contributed by atoms with Crippen molar-refractivity contribution in [1.82, 2.24) is 5.32 Å². The second-order valence-corrected chi connectivity index (χ2v) is 7.26. The third-order valence-corrected chi connectivity index (χ3v) is 5.53. The molecule has 0 spiro atoms. The zero-order valence-corrected chi connectivity index (χ0v) is 16.8. The summed E-state index contributed by atoms with van der Waals surface area (Å²) < 4.78 is 5.54. The fraction of sp³-hybridized carbons (Fsp3) is 0.381. The molecule has 0 atom stereocenters. The third-order valence-electron chi connectivity index (χ3n) is 5.20. The molecule has 1 heterocycles. The van der Waals surface area contributed by atoms with E-state index in [1.807, 2.05) is 42.5 Å². The first-order valence-corrected chi connectivity index (χ1v) is 9.41. The number of halogens is 2. The summed E-state index contributed by atoms with van der Waals surface area (Å²) in [5.41, 5.74) is 8.62. The minimum Gasteiger partial charge on any atom is -0.399 e. The first-order valence-electron chi connectivity index (χ1n) is 9.04. The molecule has 2 aromatic carbocycles. The predicted molar refractivity (Wildman–Crippen MR) is 113 cm³/mol. The van der Waals surface area contributed by atoms with Gasteiger partial charge < -0.3 is 15.8 Å². The molecule has 1 fully saturated rings. The summed E-state index contributed by atoms with van der Waals surface area (Å²) in [6.45, 7) is 1.94. The smallest absolute Gasteiger partial charge is 0.220 e. The summed E-state index contributed by atoms with van der Waals surface area (Å²) in [6, 6.07) is 15.6. The average molecular weight is 409 g/mol. The van der Waals surface area contributed by atoms with Gasteiger partial charge in [-0.2, -0.15) is 0 Å². The molecule has 2 aromatic rings. The van der Waals surface area contributed by atoms with Crippen molar-refractivity contribution in [1.29, 1.82) is 0 Å². The van der Waals surface area contributed by atoms with Crippen LogP contribution < -0.4 is 11.1 Å². The fourth-order valence-electron chi connectivity index (χ4n) is 3.56. The highest BCUT2D eigenvalue weighted by molar-refractivity contribution is 6.31. The Bertz CT molecular complexity index is 761. The lowest BCUT2D eigenvalue weighted by Crippen LogP contribution is -2.44. The molecule has 0 unspecified atom stereocenters. The summed E-state index contributed by atoms with van der Waals surface area (Å²) >= 11 is 6.45. The van der Waals surface area contributed by atoms with Gasteiger partial charge in [-0.05, 0) is 42.5 Å². The van der Waals surface area contributed by atoms with Crippen LogP contribution in [-0.2, 0) is 21.4 Å². The Morgan fingerprint density at radius 1 is 1.11 bits per heavy atom. The number of hydrogen-bond donors (Lipinski definition) is 2. The molecule has 0 aliphatic carbocycles. The number of rotatable bonds is 6. The van der Waals surface area contributed by atoms with Crippen LogP contribution in [0.5, 0.6) is 0 Å². The normalized spacial score (nSPS) is 15.6. The van der Waals surface area contributed by atoms with Crippen molar-refractivity contribution >= 4 is 35.6 Å². The molecule has 3 rings (SSSR count). The van der Waals surface area contributed by atoms with Crippen molar-refractivity contribution in [3.63, 3.8) is 0 Å². The Morgan fingerprint density at radius 3 is 2.48 bits per heavy atom. The Morgan fingerprint density at radius 2 is 1.78 bits per heavy atom. The highest BCUT2D eigenvalue weighted by Crippen LogP contribution is 2.38. The van der Waals surface area contributed by atoms with E-state index in [-0.39, 0.29) is 23.7 Å². The fourth-order valence-corrected chi connectivity index (χ4v) is 3.90. The number of aryl methyl sites for hydroxylation is 1. The third kappa shape index (κ3) is 5.38. The second-order valence-electron chi connectivity index (χ2n) is 6.85. The van der Waals surface area contributed by atoms with Crippen LogP contribution in [0.3, 0.4) is 0 Å². The van der Waals surface area contributed by atoms with E-state index < -0.39 is 0 Å². The minimum absolute atomic E-state index is 0. The van der Waals surface area contributed by atoms with Gasteiger partial charge in [0.05, 0.1) is 0 Å². The monoisotopic (exact) mass is 408 g/mol. The molecule has 4 nitrogen and oxygen atoms in total. The molecule has 1 aliphatic rings. The van der Waals surface area contributed by atoms with Crippen molar-refractivity contribution in [2.45, 2.75) is 31.1 Å². The maximum atomic E-state index is 12.4. The lowest BCUT2D eigenvalue weighted by molar-refractivity contribution is -0.121. The van der Waals surface area contributed by atoms with Gasteiger partial charge in [-0.25, -0.2) is 0 Å². The van der Waals surface area contributed by atoms with E-state index in [0.717, 1.165) is 34.7 Å². The van der Waals surface area contributed by atoms with Gasteiger partial charge in [0.15, 0.2) is 0 Å². The van der Waals surface area contributed by atoms with E-state index in [2.05, 4.69) is 11.4 Å². The quantitative estimate of drug-likeness (QED) is 0.705. The number of amides is 1. The number of carbonyl (C=O) groups is 1. The molecular weight excluding hydrogens is 383 g/mol. The molecule has 0 aromatic heterocycles. The number of anilines is 1. The number of benzene rings is 2. The number of hydrogen-bond acceptors (Lipinski definition) is 3. The molecular formula is C21H26Cl2N2O2. The van der Waals surface area contributed by atoms with Crippen molar-refractivity contribution < 1.29 is 9.53 Å². The van der Waals surface area contributed by atoms with Crippen LogP contribution in [0.2, 0.25) is 5.02 Å². The standard InChI is InChI=1S/C21H25ClN2O2.ClH/c22-18-7-3-2-6-17(18)21(11-13-26-14-12-21)15-24-20(25)10-9-16-5-1-4-8-19(16)23;/h1-8H,9-15,23H2,(H,24,25);1H. The SMILES string of the molecule is Cl.Nc1ccccc1CCC(=O)NCC1(c2ccccc2Cl)CCOCC1.